The Morgan fingerprint density at radius 2 is 1.82 bits per heavy atom. The zero-order valence-electron chi connectivity index (χ0n) is 12.6. The van der Waals surface area contributed by atoms with Crippen LogP contribution >= 0.6 is 0 Å². The number of nitrogens with zero attached hydrogens (tertiary/aromatic N) is 1. The van der Waals surface area contributed by atoms with Gasteiger partial charge in [-0.15, -0.1) is 0 Å². The molecule has 0 aromatic rings. The molecule has 1 saturated heterocycles. The predicted molar refractivity (Wildman–Crippen MR) is 76.4 cm³/mol. The van der Waals surface area contributed by atoms with Crippen molar-refractivity contribution in [3.63, 3.8) is 0 Å². The van der Waals surface area contributed by atoms with Crippen LogP contribution in [0, 0.1) is 5.92 Å². The summed E-state index contributed by atoms with van der Waals surface area (Å²) in [4.78, 5) is 2.66. The molecule has 1 atom stereocenters. The normalized spacial score (nSPS) is 21.7. The Bertz CT molecular complexity index is 205. The highest BCUT2D eigenvalue weighted by Gasteiger charge is 2.23. The van der Waals surface area contributed by atoms with Crippen LogP contribution in [0.4, 0.5) is 0 Å². The molecule has 1 rings (SSSR count). The van der Waals surface area contributed by atoms with Crippen molar-refractivity contribution in [2.24, 2.45) is 5.92 Å². The van der Waals surface area contributed by atoms with Crippen molar-refractivity contribution in [3.05, 3.63) is 0 Å². The second kappa shape index (κ2) is 6.75. The molecule has 0 radical (unpaired) electrons. The van der Waals surface area contributed by atoms with Crippen LogP contribution in [0.2, 0.25) is 0 Å². The third kappa shape index (κ3) is 4.97. The molecule has 0 aliphatic carbocycles. The van der Waals surface area contributed by atoms with E-state index < -0.39 is 0 Å². The lowest BCUT2D eigenvalue weighted by Crippen LogP contribution is -2.49. The fourth-order valence-electron chi connectivity index (χ4n) is 2.48. The van der Waals surface area contributed by atoms with Crippen LogP contribution in [0.25, 0.3) is 0 Å². The summed E-state index contributed by atoms with van der Waals surface area (Å²) in [6.45, 7) is 15.3. The predicted octanol–water partition coefficient (Wildman–Crippen LogP) is 3.28. The third-order valence-corrected chi connectivity index (χ3v) is 4.61. The van der Waals surface area contributed by atoms with Gasteiger partial charge in [0.1, 0.15) is 0 Å². The molecule has 1 heterocycles. The van der Waals surface area contributed by atoms with Crippen molar-refractivity contribution < 1.29 is 0 Å². The van der Waals surface area contributed by atoms with Gasteiger partial charge in [-0.1, -0.05) is 20.3 Å². The van der Waals surface area contributed by atoms with Crippen molar-refractivity contribution in [3.8, 4) is 0 Å². The van der Waals surface area contributed by atoms with E-state index in [2.05, 4.69) is 44.8 Å². The molecule has 1 aliphatic heterocycles. The Labute approximate surface area is 108 Å². The van der Waals surface area contributed by atoms with Crippen molar-refractivity contribution in [1.29, 1.82) is 0 Å². The van der Waals surface area contributed by atoms with E-state index in [1.807, 2.05) is 0 Å². The van der Waals surface area contributed by atoms with Gasteiger partial charge in [-0.2, -0.15) is 0 Å². The summed E-state index contributed by atoms with van der Waals surface area (Å²) in [7, 11) is 0. The molecule has 1 unspecified atom stereocenters. The van der Waals surface area contributed by atoms with Gasteiger partial charge >= 0.3 is 0 Å². The molecule has 17 heavy (non-hydrogen) atoms. The average molecular weight is 240 g/mol. The minimum Gasteiger partial charge on any atom is -0.310 e. The van der Waals surface area contributed by atoms with Crippen molar-refractivity contribution in [2.45, 2.75) is 71.9 Å². The highest BCUT2D eigenvalue weighted by molar-refractivity contribution is 4.81. The molecule has 102 valence electrons. The summed E-state index contributed by atoms with van der Waals surface area (Å²) in [5, 5.41) is 3.69. The summed E-state index contributed by atoms with van der Waals surface area (Å²) in [6, 6.07) is 0.679. The molecule has 1 N–H and O–H groups in total. The van der Waals surface area contributed by atoms with Gasteiger partial charge in [0.15, 0.2) is 0 Å². The maximum atomic E-state index is 3.69. The first-order chi connectivity index (χ1) is 7.98. The van der Waals surface area contributed by atoms with Crippen LogP contribution in [0.5, 0.6) is 0 Å². The average Bonchev–Trinajstić information content (AvgIpc) is 2.36. The highest BCUT2D eigenvalue weighted by atomic mass is 15.2. The van der Waals surface area contributed by atoms with Crippen molar-refractivity contribution in [1.82, 2.24) is 10.2 Å². The molecule has 0 bridgehead atoms. The van der Waals surface area contributed by atoms with Crippen molar-refractivity contribution >= 4 is 0 Å². The topological polar surface area (TPSA) is 15.3 Å². The van der Waals surface area contributed by atoms with E-state index in [0.717, 1.165) is 12.5 Å². The fourth-order valence-corrected chi connectivity index (χ4v) is 2.48. The monoisotopic (exact) mass is 240 g/mol. The molecule has 1 fully saturated rings. The van der Waals surface area contributed by atoms with E-state index in [1.54, 1.807) is 0 Å². The minimum absolute atomic E-state index is 0.288. The zero-order valence-corrected chi connectivity index (χ0v) is 12.6. The van der Waals surface area contributed by atoms with Gasteiger partial charge in [-0.3, -0.25) is 4.90 Å². The minimum atomic E-state index is 0.288. The summed E-state index contributed by atoms with van der Waals surface area (Å²) in [6.07, 6.45) is 5.36. The van der Waals surface area contributed by atoms with Crippen LogP contribution < -0.4 is 5.32 Å². The SMILES string of the molecule is CCC1CCN(C(C)CNC(C)(C)CC)CC1. The number of rotatable bonds is 6. The molecule has 0 saturated carbocycles. The number of nitrogens with one attached hydrogen (secondary N) is 1. The van der Waals surface area contributed by atoms with E-state index in [1.165, 1.54) is 38.8 Å². The quantitative estimate of drug-likeness (QED) is 0.766. The summed E-state index contributed by atoms with van der Waals surface area (Å²) in [5.41, 5.74) is 0.288. The van der Waals surface area contributed by atoms with E-state index in [9.17, 15) is 0 Å². The first kappa shape index (κ1) is 15.0. The lowest BCUT2D eigenvalue weighted by Gasteiger charge is -2.37. The van der Waals surface area contributed by atoms with Gasteiger partial charge < -0.3 is 5.32 Å². The largest absolute Gasteiger partial charge is 0.310 e. The van der Waals surface area contributed by atoms with Crippen LogP contribution in [-0.4, -0.2) is 36.1 Å². The standard InChI is InChI=1S/C15H32N2/c1-6-14-8-10-17(11-9-14)13(3)12-16-15(4,5)7-2/h13-14,16H,6-12H2,1-5H3. The maximum absolute atomic E-state index is 3.69. The lowest BCUT2D eigenvalue weighted by molar-refractivity contribution is 0.131. The van der Waals surface area contributed by atoms with E-state index in [-0.39, 0.29) is 5.54 Å². The first-order valence-electron chi connectivity index (χ1n) is 7.47. The molecule has 2 nitrogen and oxygen atoms in total. The highest BCUT2D eigenvalue weighted by Crippen LogP contribution is 2.21. The molecule has 0 amide bonds. The maximum Gasteiger partial charge on any atom is 0.0192 e. The Hall–Kier alpha value is -0.0800. The summed E-state index contributed by atoms with van der Waals surface area (Å²) in [5.74, 6) is 0.985. The summed E-state index contributed by atoms with van der Waals surface area (Å²) < 4.78 is 0. The van der Waals surface area contributed by atoms with Gasteiger partial charge in [0.05, 0.1) is 0 Å². The molecule has 0 aromatic carbocycles. The van der Waals surface area contributed by atoms with Crippen molar-refractivity contribution in [2.75, 3.05) is 19.6 Å². The Morgan fingerprint density at radius 3 is 2.29 bits per heavy atom. The lowest BCUT2D eigenvalue weighted by atomic mass is 9.93. The van der Waals surface area contributed by atoms with E-state index >= 15 is 0 Å². The molecule has 2 heteroatoms. The summed E-state index contributed by atoms with van der Waals surface area (Å²) >= 11 is 0. The number of hydrogen-bond acceptors (Lipinski definition) is 2. The van der Waals surface area contributed by atoms with Gasteiger partial charge in [-0.25, -0.2) is 0 Å². The Kier molecular flexibility index (Phi) is 5.94. The molecule has 1 aliphatic rings. The second-order valence-electron chi connectivity index (χ2n) is 6.35. The van der Waals surface area contributed by atoms with E-state index in [0.29, 0.717) is 6.04 Å². The van der Waals surface area contributed by atoms with Gasteiger partial charge in [0.2, 0.25) is 0 Å². The van der Waals surface area contributed by atoms with Gasteiger partial charge in [-0.05, 0) is 59.0 Å². The molecular weight excluding hydrogens is 208 g/mol. The molecular formula is C15H32N2. The van der Waals surface area contributed by atoms with Crippen LogP contribution in [0.3, 0.4) is 0 Å². The third-order valence-electron chi connectivity index (χ3n) is 4.61. The smallest absolute Gasteiger partial charge is 0.0192 e. The van der Waals surface area contributed by atoms with Gasteiger partial charge in [0, 0.05) is 18.1 Å². The number of likely N-dealkylation sites (tertiary alicyclic amines) is 1. The van der Waals surface area contributed by atoms with Crippen LogP contribution in [0.1, 0.15) is 60.3 Å². The fraction of sp³-hybridized carbons (Fsp3) is 1.00. The number of hydrogen-bond donors (Lipinski definition) is 1. The second-order valence-corrected chi connectivity index (χ2v) is 6.35. The first-order valence-corrected chi connectivity index (χ1v) is 7.47. The molecule has 0 spiro atoms. The zero-order chi connectivity index (χ0) is 12.9. The van der Waals surface area contributed by atoms with Crippen LogP contribution in [0.15, 0.2) is 0 Å². The number of piperidine rings is 1. The molecule has 0 aromatic heterocycles. The van der Waals surface area contributed by atoms with Crippen LogP contribution in [-0.2, 0) is 0 Å². The van der Waals surface area contributed by atoms with Gasteiger partial charge in [0.25, 0.3) is 0 Å². The van der Waals surface area contributed by atoms with E-state index in [4.69, 9.17) is 0 Å². The Balaban J connectivity index is 2.27. The Morgan fingerprint density at radius 1 is 1.24 bits per heavy atom.